The molecule has 32 heavy (non-hydrogen) atoms. The molecular formula is C26H38N4OS. The monoisotopic (exact) mass is 454 g/mol. The van der Waals surface area contributed by atoms with E-state index in [1.54, 1.807) is 11.8 Å². The molecule has 0 spiro atoms. The lowest BCUT2D eigenvalue weighted by Gasteiger charge is -2.33. The lowest BCUT2D eigenvalue weighted by molar-refractivity contribution is 0.0943. The van der Waals surface area contributed by atoms with Crippen LogP contribution in [-0.2, 0) is 11.2 Å². The Balaban J connectivity index is 1.74. The Labute approximate surface area is 197 Å². The van der Waals surface area contributed by atoms with E-state index in [1.165, 1.54) is 32.1 Å². The molecule has 3 rings (SSSR count). The molecule has 6 heteroatoms. The molecular weight excluding hydrogens is 416 g/mol. The highest BCUT2D eigenvalue weighted by Crippen LogP contribution is 2.31. The van der Waals surface area contributed by atoms with Gasteiger partial charge >= 0.3 is 0 Å². The van der Waals surface area contributed by atoms with E-state index in [-0.39, 0.29) is 17.4 Å². The van der Waals surface area contributed by atoms with Gasteiger partial charge in [0.1, 0.15) is 5.82 Å². The molecule has 0 atom stereocenters. The number of anilines is 1. The van der Waals surface area contributed by atoms with E-state index in [9.17, 15) is 4.79 Å². The van der Waals surface area contributed by atoms with Crippen molar-refractivity contribution in [2.45, 2.75) is 95.1 Å². The number of benzene rings is 1. The van der Waals surface area contributed by atoms with Crippen LogP contribution in [0.15, 0.2) is 35.5 Å². The minimum atomic E-state index is -0.0359. The highest BCUT2D eigenvalue weighted by atomic mass is 32.2. The van der Waals surface area contributed by atoms with E-state index in [1.807, 2.05) is 38.1 Å². The molecule has 2 aromatic rings. The van der Waals surface area contributed by atoms with E-state index >= 15 is 0 Å². The van der Waals surface area contributed by atoms with Crippen molar-refractivity contribution in [3.8, 4) is 0 Å². The first-order valence-corrected chi connectivity index (χ1v) is 12.8. The van der Waals surface area contributed by atoms with Crippen molar-refractivity contribution in [3.05, 3.63) is 47.2 Å². The normalized spacial score (nSPS) is 15.1. The van der Waals surface area contributed by atoms with Crippen molar-refractivity contribution in [2.75, 3.05) is 11.9 Å². The zero-order valence-corrected chi connectivity index (χ0v) is 21.3. The van der Waals surface area contributed by atoms with Gasteiger partial charge in [-0.15, -0.1) is 0 Å². The summed E-state index contributed by atoms with van der Waals surface area (Å²) in [5.74, 6) is 1.77. The van der Waals surface area contributed by atoms with Crippen molar-refractivity contribution in [1.29, 1.82) is 0 Å². The average molecular weight is 455 g/mol. The summed E-state index contributed by atoms with van der Waals surface area (Å²) in [5, 5.41) is 3.75. The molecule has 0 saturated heterocycles. The second kappa shape index (κ2) is 10.7. The molecule has 1 aromatic carbocycles. The molecule has 0 radical (unpaired) electrons. The van der Waals surface area contributed by atoms with Crippen LogP contribution in [0.4, 0.5) is 5.82 Å². The number of carbonyl (C=O) groups excluding carboxylic acids is 1. The van der Waals surface area contributed by atoms with Gasteiger partial charge in [-0.2, -0.15) is 0 Å². The van der Waals surface area contributed by atoms with Crippen LogP contribution in [0.3, 0.4) is 0 Å². The molecule has 1 aromatic heterocycles. The Morgan fingerprint density at radius 1 is 1.12 bits per heavy atom. The number of aromatic nitrogens is 2. The fraction of sp³-hybridized carbons (Fsp3) is 0.577. The summed E-state index contributed by atoms with van der Waals surface area (Å²) in [7, 11) is 2.18. The van der Waals surface area contributed by atoms with Crippen LogP contribution >= 0.6 is 11.8 Å². The second-order valence-electron chi connectivity index (χ2n) is 10.2. The Kier molecular flexibility index (Phi) is 8.21. The first kappa shape index (κ1) is 24.6. The summed E-state index contributed by atoms with van der Waals surface area (Å²) in [6, 6.07) is 10.7. The van der Waals surface area contributed by atoms with E-state index < -0.39 is 0 Å². The maximum absolute atomic E-state index is 12.2. The lowest BCUT2D eigenvalue weighted by Crippen LogP contribution is -2.34. The summed E-state index contributed by atoms with van der Waals surface area (Å²) >= 11 is 1.66. The minimum absolute atomic E-state index is 0.0317. The first-order valence-electron chi connectivity index (χ1n) is 11.8. The Hall–Kier alpha value is -2.08. The van der Waals surface area contributed by atoms with Crippen molar-refractivity contribution in [1.82, 2.24) is 15.3 Å². The molecule has 0 aliphatic heterocycles. The smallest absolute Gasteiger partial charge is 0.251 e. The van der Waals surface area contributed by atoms with Gasteiger partial charge in [0, 0.05) is 41.9 Å². The van der Waals surface area contributed by atoms with Gasteiger partial charge in [0.2, 0.25) is 0 Å². The molecule has 1 heterocycles. The van der Waals surface area contributed by atoms with Crippen LogP contribution in [0.1, 0.15) is 88.3 Å². The van der Waals surface area contributed by atoms with Crippen molar-refractivity contribution < 1.29 is 4.79 Å². The fourth-order valence-corrected chi connectivity index (χ4v) is 4.75. The number of amides is 1. The summed E-state index contributed by atoms with van der Waals surface area (Å²) in [6.45, 7) is 10.5. The van der Waals surface area contributed by atoms with Crippen LogP contribution in [0.25, 0.3) is 0 Å². The van der Waals surface area contributed by atoms with Crippen molar-refractivity contribution in [2.24, 2.45) is 0 Å². The largest absolute Gasteiger partial charge is 0.357 e. The van der Waals surface area contributed by atoms with Gasteiger partial charge in [-0.25, -0.2) is 9.97 Å². The Bertz CT molecular complexity index is 899. The fourth-order valence-electron chi connectivity index (χ4n) is 3.94. The molecule has 1 fully saturated rings. The van der Waals surface area contributed by atoms with Gasteiger partial charge in [-0.3, -0.25) is 4.79 Å². The number of carbonyl (C=O) groups is 1. The third-order valence-corrected chi connectivity index (χ3v) is 6.87. The van der Waals surface area contributed by atoms with E-state index in [2.05, 4.69) is 44.1 Å². The van der Waals surface area contributed by atoms with Gasteiger partial charge < -0.3 is 10.2 Å². The molecule has 0 bridgehead atoms. The topological polar surface area (TPSA) is 58.1 Å². The van der Waals surface area contributed by atoms with Crippen LogP contribution in [0.5, 0.6) is 0 Å². The highest BCUT2D eigenvalue weighted by molar-refractivity contribution is 7.98. The summed E-state index contributed by atoms with van der Waals surface area (Å²) in [4.78, 5) is 24.3. The SMILES string of the molecule is CC(C)NC(=O)c1ccc(CSc2nc(N(C)C3CCCCC3)cc(C(C)(C)C)n2)cc1. The molecule has 174 valence electrons. The maximum Gasteiger partial charge on any atom is 0.251 e. The van der Waals surface area contributed by atoms with Crippen molar-refractivity contribution in [3.63, 3.8) is 0 Å². The molecule has 5 nitrogen and oxygen atoms in total. The number of nitrogens with one attached hydrogen (secondary N) is 1. The van der Waals surface area contributed by atoms with Gasteiger partial charge in [0.05, 0.1) is 5.69 Å². The number of rotatable bonds is 7. The molecule has 0 unspecified atom stereocenters. The van der Waals surface area contributed by atoms with Gasteiger partial charge in [0.25, 0.3) is 5.91 Å². The quantitative estimate of drug-likeness (QED) is 0.412. The van der Waals surface area contributed by atoms with E-state index in [4.69, 9.17) is 9.97 Å². The van der Waals surface area contributed by atoms with Crippen LogP contribution in [-0.4, -0.2) is 35.0 Å². The molecule has 1 saturated carbocycles. The molecule has 1 N–H and O–H groups in total. The highest BCUT2D eigenvalue weighted by Gasteiger charge is 2.23. The third kappa shape index (κ3) is 6.71. The molecule has 1 aliphatic rings. The van der Waals surface area contributed by atoms with Crippen molar-refractivity contribution >= 4 is 23.5 Å². The third-order valence-electron chi connectivity index (χ3n) is 5.95. The summed E-state index contributed by atoms with van der Waals surface area (Å²) in [5.41, 5.74) is 2.89. The predicted octanol–water partition coefficient (Wildman–Crippen LogP) is 5.97. The number of hydrogen-bond acceptors (Lipinski definition) is 5. The van der Waals surface area contributed by atoms with Gasteiger partial charge in [-0.05, 0) is 44.4 Å². The van der Waals surface area contributed by atoms with Gasteiger partial charge in [0.15, 0.2) is 5.16 Å². The van der Waals surface area contributed by atoms with Crippen LogP contribution < -0.4 is 10.2 Å². The maximum atomic E-state index is 12.2. The Morgan fingerprint density at radius 2 is 1.78 bits per heavy atom. The lowest BCUT2D eigenvalue weighted by atomic mass is 9.91. The predicted molar refractivity (Wildman–Crippen MR) is 135 cm³/mol. The zero-order valence-electron chi connectivity index (χ0n) is 20.4. The number of thioether (sulfide) groups is 1. The summed E-state index contributed by atoms with van der Waals surface area (Å²) in [6.07, 6.45) is 6.44. The average Bonchev–Trinajstić information content (AvgIpc) is 2.77. The Morgan fingerprint density at radius 3 is 2.38 bits per heavy atom. The first-order chi connectivity index (χ1) is 15.1. The van der Waals surface area contributed by atoms with E-state index in [0.717, 1.165) is 28.0 Å². The number of nitrogens with zero attached hydrogens (tertiary/aromatic N) is 3. The standard InChI is InChI=1S/C26H38N4OS/c1-18(2)27-24(31)20-14-12-19(13-15-20)17-32-25-28-22(26(3,4)5)16-23(29-25)30(6)21-10-8-7-9-11-21/h12-16,18,21H,7-11,17H2,1-6H3,(H,27,31). The molecule has 1 aliphatic carbocycles. The van der Waals surface area contributed by atoms with E-state index in [0.29, 0.717) is 11.6 Å². The molecule has 1 amide bonds. The second-order valence-corrected chi connectivity index (χ2v) is 11.1. The van der Waals surface area contributed by atoms with Gasteiger partial charge in [-0.1, -0.05) is 63.9 Å². The summed E-state index contributed by atoms with van der Waals surface area (Å²) < 4.78 is 0. The zero-order chi connectivity index (χ0) is 23.3. The van der Waals surface area contributed by atoms with Crippen LogP contribution in [0, 0.1) is 0 Å². The number of hydrogen-bond donors (Lipinski definition) is 1. The minimum Gasteiger partial charge on any atom is -0.357 e. The van der Waals surface area contributed by atoms with Crippen LogP contribution in [0.2, 0.25) is 0 Å².